The van der Waals surface area contributed by atoms with Crippen molar-refractivity contribution in [2.75, 3.05) is 32.7 Å². The highest BCUT2D eigenvalue weighted by Gasteiger charge is 2.31. The van der Waals surface area contributed by atoms with Crippen LogP contribution in [-0.2, 0) is 4.79 Å². The van der Waals surface area contributed by atoms with Crippen LogP contribution in [0.25, 0.3) is 10.8 Å². The van der Waals surface area contributed by atoms with E-state index in [9.17, 15) is 14.4 Å². The van der Waals surface area contributed by atoms with Gasteiger partial charge < -0.3 is 10.2 Å². The quantitative estimate of drug-likeness (QED) is 0.456. The molecule has 0 saturated carbocycles. The second-order valence-electron chi connectivity index (χ2n) is 7.66. The lowest BCUT2D eigenvalue weighted by molar-refractivity contribution is -0.121. The van der Waals surface area contributed by atoms with Crippen molar-refractivity contribution in [2.45, 2.75) is 39.5 Å². The Hall–Kier alpha value is -2.73. The van der Waals surface area contributed by atoms with Gasteiger partial charge in [-0.25, -0.2) is 0 Å². The summed E-state index contributed by atoms with van der Waals surface area (Å²) in [7, 11) is 0. The molecule has 0 unspecified atom stereocenters. The first-order valence-corrected chi connectivity index (χ1v) is 10.9. The number of imide groups is 1. The Balaban J connectivity index is 1.44. The van der Waals surface area contributed by atoms with Crippen molar-refractivity contribution < 1.29 is 14.4 Å². The van der Waals surface area contributed by atoms with Crippen molar-refractivity contribution in [3.63, 3.8) is 0 Å². The molecule has 0 bridgehead atoms. The molecule has 3 amide bonds. The maximum absolute atomic E-state index is 12.8. The van der Waals surface area contributed by atoms with Gasteiger partial charge in [-0.15, -0.1) is 0 Å². The summed E-state index contributed by atoms with van der Waals surface area (Å²) in [6.45, 7) is 8.11. The van der Waals surface area contributed by atoms with E-state index in [4.69, 9.17) is 0 Å². The van der Waals surface area contributed by atoms with Crippen LogP contribution in [-0.4, -0.2) is 60.2 Å². The molecule has 30 heavy (non-hydrogen) atoms. The SMILES string of the molecule is CCN(CC)CCNC(=O)CCCCCN1C(=O)c2cccc3cccc(c23)C1=O. The molecule has 6 heteroatoms. The first-order chi connectivity index (χ1) is 14.6. The van der Waals surface area contributed by atoms with Crippen LogP contribution in [0.1, 0.15) is 60.2 Å². The minimum Gasteiger partial charge on any atom is -0.355 e. The Morgan fingerprint density at radius 2 is 1.57 bits per heavy atom. The molecule has 160 valence electrons. The van der Waals surface area contributed by atoms with E-state index in [1.807, 2.05) is 24.3 Å². The van der Waals surface area contributed by atoms with Gasteiger partial charge in [-0.2, -0.15) is 0 Å². The van der Waals surface area contributed by atoms with Gasteiger partial charge in [-0.05, 0) is 43.5 Å². The lowest BCUT2D eigenvalue weighted by Gasteiger charge is -2.27. The number of nitrogens with zero attached hydrogens (tertiary/aromatic N) is 2. The van der Waals surface area contributed by atoms with Crippen LogP contribution in [0.2, 0.25) is 0 Å². The van der Waals surface area contributed by atoms with Gasteiger partial charge in [0, 0.05) is 42.6 Å². The summed E-state index contributed by atoms with van der Waals surface area (Å²) in [6.07, 6.45) is 2.72. The van der Waals surface area contributed by atoms with E-state index in [1.165, 1.54) is 4.90 Å². The van der Waals surface area contributed by atoms with Gasteiger partial charge in [-0.1, -0.05) is 44.5 Å². The van der Waals surface area contributed by atoms with E-state index < -0.39 is 0 Å². The Morgan fingerprint density at radius 3 is 2.17 bits per heavy atom. The van der Waals surface area contributed by atoms with Crippen molar-refractivity contribution in [1.29, 1.82) is 0 Å². The van der Waals surface area contributed by atoms with Crippen LogP contribution in [0.15, 0.2) is 36.4 Å². The first-order valence-electron chi connectivity index (χ1n) is 10.9. The number of amides is 3. The zero-order valence-corrected chi connectivity index (χ0v) is 17.9. The van der Waals surface area contributed by atoms with Crippen molar-refractivity contribution >= 4 is 28.5 Å². The molecule has 1 aliphatic heterocycles. The number of likely N-dealkylation sites (N-methyl/N-ethyl adjacent to an activating group) is 1. The lowest BCUT2D eigenvalue weighted by Crippen LogP contribution is -2.40. The van der Waals surface area contributed by atoms with Gasteiger partial charge in [0.15, 0.2) is 0 Å². The molecule has 0 radical (unpaired) electrons. The molecule has 1 N–H and O–H groups in total. The van der Waals surface area contributed by atoms with E-state index in [0.29, 0.717) is 37.1 Å². The molecular formula is C24H31N3O3. The van der Waals surface area contributed by atoms with E-state index in [-0.39, 0.29) is 17.7 Å². The molecule has 0 spiro atoms. The van der Waals surface area contributed by atoms with Crippen LogP contribution in [0.5, 0.6) is 0 Å². The van der Waals surface area contributed by atoms with Crippen molar-refractivity contribution in [3.05, 3.63) is 47.5 Å². The fourth-order valence-corrected chi connectivity index (χ4v) is 4.00. The average molecular weight is 410 g/mol. The number of rotatable bonds is 11. The number of benzene rings is 2. The second-order valence-corrected chi connectivity index (χ2v) is 7.66. The summed E-state index contributed by atoms with van der Waals surface area (Å²) in [4.78, 5) is 41.3. The standard InChI is InChI=1S/C24H31N3O3/c1-3-26(4-2)17-15-25-21(28)14-6-5-7-16-27-23(29)19-12-8-10-18-11-9-13-20(22(18)19)24(27)30/h8-13H,3-7,14-17H2,1-2H3,(H,25,28). The fraction of sp³-hybridized carbons (Fsp3) is 0.458. The first kappa shape index (κ1) is 22.0. The maximum Gasteiger partial charge on any atom is 0.261 e. The molecule has 2 aromatic carbocycles. The van der Waals surface area contributed by atoms with Crippen molar-refractivity contribution in [3.8, 4) is 0 Å². The topological polar surface area (TPSA) is 69.7 Å². The number of carbonyl (C=O) groups excluding carboxylic acids is 3. The highest BCUT2D eigenvalue weighted by Crippen LogP contribution is 2.30. The number of nitrogens with one attached hydrogen (secondary N) is 1. The van der Waals surface area contributed by atoms with Gasteiger partial charge in [-0.3, -0.25) is 19.3 Å². The van der Waals surface area contributed by atoms with Gasteiger partial charge in [0.1, 0.15) is 0 Å². The predicted octanol–water partition coefficient (Wildman–Crippen LogP) is 3.45. The molecule has 0 fully saturated rings. The molecule has 1 aliphatic rings. The Kier molecular flexibility index (Phi) is 7.57. The maximum atomic E-state index is 12.8. The summed E-state index contributed by atoms with van der Waals surface area (Å²) >= 11 is 0. The van der Waals surface area contributed by atoms with Crippen LogP contribution in [0, 0.1) is 0 Å². The highest BCUT2D eigenvalue weighted by molar-refractivity contribution is 6.25. The highest BCUT2D eigenvalue weighted by atomic mass is 16.2. The minimum absolute atomic E-state index is 0.0629. The monoisotopic (exact) mass is 409 g/mol. The predicted molar refractivity (Wildman–Crippen MR) is 119 cm³/mol. The second kappa shape index (κ2) is 10.3. The zero-order chi connectivity index (χ0) is 21.5. The summed E-state index contributed by atoms with van der Waals surface area (Å²) < 4.78 is 0. The molecule has 0 aromatic heterocycles. The van der Waals surface area contributed by atoms with Crippen LogP contribution < -0.4 is 5.32 Å². The van der Waals surface area contributed by atoms with E-state index >= 15 is 0 Å². The molecule has 6 nitrogen and oxygen atoms in total. The molecule has 0 aliphatic carbocycles. The third kappa shape index (κ3) is 4.87. The summed E-state index contributed by atoms with van der Waals surface area (Å²) in [5, 5.41) is 4.63. The van der Waals surface area contributed by atoms with E-state index in [0.717, 1.165) is 43.2 Å². The third-order valence-corrected chi connectivity index (χ3v) is 5.79. The fourth-order valence-electron chi connectivity index (χ4n) is 4.00. The number of hydrogen-bond donors (Lipinski definition) is 1. The minimum atomic E-state index is -0.224. The number of carbonyl (C=O) groups is 3. The van der Waals surface area contributed by atoms with Gasteiger partial charge in [0.2, 0.25) is 5.91 Å². The summed E-state index contributed by atoms with van der Waals surface area (Å²) in [6, 6.07) is 11.1. The number of unbranched alkanes of at least 4 members (excludes halogenated alkanes) is 2. The largest absolute Gasteiger partial charge is 0.355 e. The van der Waals surface area contributed by atoms with Crippen molar-refractivity contribution in [2.24, 2.45) is 0 Å². The molecule has 3 rings (SSSR count). The average Bonchev–Trinajstić information content (AvgIpc) is 2.76. The smallest absolute Gasteiger partial charge is 0.261 e. The third-order valence-electron chi connectivity index (χ3n) is 5.79. The summed E-state index contributed by atoms with van der Waals surface area (Å²) in [5.41, 5.74) is 1.19. The molecule has 1 heterocycles. The van der Waals surface area contributed by atoms with E-state index in [1.54, 1.807) is 12.1 Å². The van der Waals surface area contributed by atoms with E-state index in [2.05, 4.69) is 24.1 Å². The molecule has 2 aromatic rings. The van der Waals surface area contributed by atoms with Crippen molar-refractivity contribution in [1.82, 2.24) is 15.1 Å². The molecule has 0 saturated heterocycles. The van der Waals surface area contributed by atoms with Gasteiger partial charge in [0.25, 0.3) is 11.8 Å². The zero-order valence-electron chi connectivity index (χ0n) is 17.9. The molecule has 0 atom stereocenters. The number of hydrogen-bond acceptors (Lipinski definition) is 4. The normalized spacial score (nSPS) is 13.4. The Bertz CT molecular complexity index is 870. The van der Waals surface area contributed by atoms with Gasteiger partial charge >= 0.3 is 0 Å². The Labute approximate surface area is 178 Å². The summed E-state index contributed by atoms with van der Waals surface area (Å²) in [5.74, 6) is -0.384. The van der Waals surface area contributed by atoms with Gasteiger partial charge in [0.05, 0.1) is 0 Å². The van der Waals surface area contributed by atoms with Crippen LogP contribution >= 0.6 is 0 Å². The lowest BCUT2D eigenvalue weighted by atomic mass is 9.94. The van der Waals surface area contributed by atoms with Crippen LogP contribution in [0.4, 0.5) is 0 Å². The molecular weight excluding hydrogens is 378 g/mol. The Morgan fingerprint density at radius 1 is 0.933 bits per heavy atom. The van der Waals surface area contributed by atoms with Crippen LogP contribution in [0.3, 0.4) is 0 Å².